The number of furan rings is 2. The molecular formula is C24H21NO5. The van der Waals surface area contributed by atoms with Crippen LogP contribution in [0.1, 0.15) is 30.1 Å². The number of benzene rings is 2. The first-order valence-corrected chi connectivity index (χ1v) is 9.61. The molecular weight excluding hydrogens is 382 g/mol. The number of esters is 1. The number of hydrogen-bond donors (Lipinski definition) is 0. The van der Waals surface area contributed by atoms with E-state index in [4.69, 9.17) is 13.6 Å². The van der Waals surface area contributed by atoms with Crippen molar-refractivity contribution in [3.63, 3.8) is 0 Å². The maximum Gasteiger partial charge on any atom is 0.303 e. The SMILES string of the molecule is CC(=O)OC(C(=O)N(Cc1ccco1)Cc1cc2ccccc2o1)c1ccccc1. The Morgan fingerprint density at radius 1 is 0.933 bits per heavy atom. The molecule has 152 valence electrons. The highest BCUT2D eigenvalue weighted by molar-refractivity contribution is 5.85. The first-order chi connectivity index (χ1) is 14.6. The van der Waals surface area contributed by atoms with E-state index in [0.29, 0.717) is 17.1 Å². The van der Waals surface area contributed by atoms with E-state index in [9.17, 15) is 9.59 Å². The standard InChI is InChI=1S/C24H21NO5/c1-17(26)29-23(18-8-3-2-4-9-18)24(27)25(15-20-11-7-13-28-20)16-21-14-19-10-5-6-12-22(19)30-21/h2-14,23H,15-16H2,1H3. The lowest BCUT2D eigenvalue weighted by Crippen LogP contribution is -2.35. The third-order valence-corrected chi connectivity index (χ3v) is 4.67. The van der Waals surface area contributed by atoms with E-state index in [-0.39, 0.29) is 19.0 Å². The van der Waals surface area contributed by atoms with Crippen LogP contribution in [0.15, 0.2) is 87.9 Å². The quantitative estimate of drug-likeness (QED) is 0.412. The topological polar surface area (TPSA) is 72.9 Å². The normalized spacial score (nSPS) is 11.9. The Bertz CT molecular complexity index is 1100. The van der Waals surface area contributed by atoms with Gasteiger partial charge in [0.2, 0.25) is 6.10 Å². The van der Waals surface area contributed by atoms with E-state index >= 15 is 0 Å². The van der Waals surface area contributed by atoms with Gasteiger partial charge >= 0.3 is 5.97 Å². The second-order valence-electron chi connectivity index (χ2n) is 6.92. The summed E-state index contributed by atoms with van der Waals surface area (Å²) >= 11 is 0. The molecule has 6 heteroatoms. The summed E-state index contributed by atoms with van der Waals surface area (Å²) in [6.07, 6.45) is 0.503. The van der Waals surface area contributed by atoms with E-state index in [1.807, 2.05) is 36.4 Å². The van der Waals surface area contributed by atoms with Crippen LogP contribution in [0.2, 0.25) is 0 Å². The summed E-state index contributed by atoms with van der Waals surface area (Å²) in [5.41, 5.74) is 1.35. The maximum atomic E-state index is 13.5. The minimum absolute atomic E-state index is 0.207. The number of amides is 1. The summed E-state index contributed by atoms with van der Waals surface area (Å²) in [5.74, 6) is 0.368. The van der Waals surface area contributed by atoms with E-state index < -0.39 is 12.1 Å². The van der Waals surface area contributed by atoms with E-state index in [2.05, 4.69) is 0 Å². The van der Waals surface area contributed by atoms with E-state index in [1.165, 1.54) is 6.92 Å². The highest BCUT2D eigenvalue weighted by Gasteiger charge is 2.30. The van der Waals surface area contributed by atoms with Crippen molar-refractivity contribution in [1.29, 1.82) is 0 Å². The fourth-order valence-corrected chi connectivity index (χ4v) is 3.33. The lowest BCUT2D eigenvalue weighted by atomic mass is 10.1. The third-order valence-electron chi connectivity index (χ3n) is 4.67. The fourth-order valence-electron chi connectivity index (χ4n) is 3.33. The highest BCUT2D eigenvalue weighted by atomic mass is 16.5. The van der Waals surface area contributed by atoms with Gasteiger partial charge in [-0.2, -0.15) is 0 Å². The predicted octanol–water partition coefficient (Wildman–Crippen LogP) is 4.86. The Labute approximate surface area is 173 Å². The lowest BCUT2D eigenvalue weighted by Gasteiger charge is -2.26. The molecule has 0 aliphatic rings. The Hall–Kier alpha value is -3.80. The third kappa shape index (κ3) is 4.43. The van der Waals surface area contributed by atoms with Gasteiger partial charge in [-0.1, -0.05) is 48.5 Å². The van der Waals surface area contributed by atoms with Gasteiger partial charge in [-0.25, -0.2) is 0 Å². The van der Waals surface area contributed by atoms with Gasteiger partial charge in [-0.3, -0.25) is 9.59 Å². The minimum atomic E-state index is -1.05. The Morgan fingerprint density at radius 2 is 1.67 bits per heavy atom. The summed E-state index contributed by atoms with van der Waals surface area (Å²) in [5, 5.41) is 0.956. The van der Waals surface area contributed by atoms with Crippen LogP contribution < -0.4 is 0 Å². The van der Waals surface area contributed by atoms with Crippen molar-refractivity contribution in [2.24, 2.45) is 0 Å². The van der Waals surface area contributed by atoms with Gasteiger partial charge < -0.3 is 18.5 Å². The number of para-hydroxylation sites is 1. The van der Waals surface area contributed by atoms with E-state index in [1.54, 1.807) is 47.6 Å². The molecule has 2 aromatic heterocycles. The molecule has 0 aliphatic heterocycles. The molecule has 2 heterocycles. The molecule has 30 heavy (non-hydrogen) atoms. The molecule has 6 nitrogen and oxygen atoms in total. The van der Waals surface area contributed by atoms with Crippen molar-refractivity contribution in [3.8, 4) is 0 Å². The van der Waals surface area contributed by atoms with Gasteiger partial charge in [0.1, 0.15) is 17.1 Å². The summed E-state index contributed by atoms with van der Waals surface area (Å²) in [4.78, 5) is 26.8. The molecule has 1 amide bonds. The molecule has 2 aromatic carbocycles. The van der Waals surface area contributed by atoms with Crippen LogP contribution in [-0.2, 0) is 27.4 Å². The number of ether oxygens (including phenoxy) is 1. The Morgan fingerprint density at radius 3 is 2.37 bits per heavy atom. The van der Waals surface area contributed by atoms with Crippen LogP contribution in [0.5, 0.6) is 0 Å². The van der Waals surface area contributed by atoms with Gasteiger partial charge in [0, 0.05) is 17.9 Å². The van der Waals surface area contributed by atoms with Gasteiger partial charge in [-0.05, 0) is 24.3 Å². The number of nitrogens with zero attached hydrogens (tertiary/aromatic N) is 1. The van der Waals surface area contributed by atoms with Crippen LogP contribution >= 0.6 is 0 Å². The van der Waals surface area contributed by atoms with Gasteiger partial charge in [0.05, 0.1) is 19.4 Å². The fraction of sp³-hybridized carbons (Fsp3) is 0.167. The number of carbonyl (C=O) groups is 2. The van der Waals surface area contributed by atoms with Gasteiger partial charge in [0.15, 0.2) is 0 Å². The van der Waals surface area contributed by atoms with Crippen molar-refractivity contribution in [3.05, 3.63) is 96.1 Å². The number of rotatable bonds is 7. The lowest BCUT2D eigenvalue weighted by molar-refractivity contribution is -0.160. The summed E-state index contributed by atoms with van der Waals surface area (Å²) in [6.45, 7) is 1.71. The number of carbonyl (C=O) groups excluding carboxylic acids is 2. The molecule has 0 saturated heterocycles. The Kier molecular flexibility index (Phi) is 5.66. The van der Waals surface area contributed by atoms with Crippen molar-refractivity contribution in [2.75, 3.05) is 0 Å². The number of fused-ring (bicyclic) bond motifs is 1. The molecule has 0 aliphatic carbocycles. The van der Waals surface area contributed by atoms with Gasteiger partial charge in [0.25, 0.3) is 5.91 Å². The molecule has 4 aromatic rings. The van der Waals surface area contributed by atoms with Crippen molar-refractivity contribution < 1.29 is 23.2 Å². The molecule has 0 spiro atoms. The van der Waals surface area contributed by atoms with Crippen LogP contribution in [0.3, 0.4) is 0 Å². The minimum Gasteiger partial charge on any atom is -0.467 e. The molecule has 4 rings (SSSR count). The largest absolute Gasteiger partial charge is 0.467 e. The van der Waals surface area contributed by atoms with Gasteiger partial charge in [-0.15, -0.1) is 0 Å². The zero-order valence-electron chi connectivity index (χ0n) is 16.5. The molecule has 0 N–H and O–H groups in total. The molecule has 0 fully saturated rings. The molecule has 0 radical (unpaired) electrons. The maximum absolute atomic E-state index is 13.5. The summed E-state index contributed by atoms with van der Waals surface area (Å²) < 4.78 is 16.8. The first-order valence-electron chi connectivity index (χ1n) is 9.61. The summed E-state index contributed by atoms with van der Waals surface area (Å²) in [7, 11) is 0. The zero-order chi connectivity index (χ0) is 20.9. The average Bonchev–Trinajstić information content (AvgIpc) is 3.40. The molecule has 1 atom stereocenters. The second-order valence-corrected chi connectivity index (χ2v) is 6.92. The molecule has 0 saturated carbocycles. The Balaban J connectivity index is 1.66. The smallest absolute Gasteiger partial charge is 0.303 e. The van der Waals surface area contributed by atoms with Crippen molar-refractivity contribution in [2.45, 2.75) is 26.1 Å². The van der Waals surface area contributed by atoms with Crippen LogP contribution in [0, 0.1) is 0 Å². The van der Waals surface area contributed by atoms with Crippen molar-refractivity contribution in [1.82, 2.24) is 4.90 Å². The van der Waals surface area contributed by atoms with E-state index in [0.717, 1.165) is 11.0 Å². The average molecular weight is 403 g/mol. The number of hydrogen-bond acceptors (Lipinski definition) is 5. The summed E-state index contributed by atoms with van der Waals surface area (Å²) in [6, 6.07) is 22.1. The monoisotopic (exact) mass is 403 g/mol. The molecule has 1 unspecified atom stereocenters. The predicted molar refractivity (Wildman–Crippen MR) is 110 cm³/mol. The first kappa shape index (κ1) is 19.5. The second kappa shape index (κ2) is 8.69. The highest BCUT2D eigenvalue weighted by Crippen LogP contribution is 2.25. The van der Waals surface area contributed by atoms with Crippen LogP contribution in [-0.4, -0.2) is 16.8 Å². The zero-order valence-corrected chi connectivity index (χ0v) is 16.5. The van der Waals surface area contributed by atoms with Crippen LogP contribution in [0.25, 0.3) is 11.0 Å². The van der Waals surface area contributed by atoms with Crippen molar-refractivity contribution >= 4 is 22.8 Å². The van der Waals surface area contributed by atoms with Crippen LogP contribution in [0.4, 0.5) is 0 Å². The molecule has 0 bridgehead atoms.